The van der Waals surface area contributed by atoms with E-state index in [0.29, 0.717) is 33.4 Å². The zero-order valence-electron chi connectivity index (χ0n) is 11.2. The van der Waals surface area contributed by atoms with E-state index in [1.807, 2.05) is 19.1 Å². The Morgan fingerprint density at radius 1 is 1.52 bits per heavy atom. The zero-order chi connectivity index (χ0) is 14.8. The van der Waals surface area contributed by atoms with Gasteiger partial charge in [0.1, 0.15) is 11.0 Å². The molecule has 5 nitrogen and oxygen atoms in total. The van der Waals surface area contributed by atoms with Crippen LogP contribution < -0.4 is 5.32 Å². The largest absolute Gasteiger partial charge is 0.429 e. The molecule has 21 heavy (non-hydrogen) atoms. The summed E-state index contributed by atoms with van der Waals surface area (Å²) in [6.07, 6.45) is 1.68. The highest BCUT2D eigenvalue weighted by Crippen LogP contribution is 2.32. The van der Waals surface area contributed by atoms with Gasteiger partial charge < -0.3 is 9.73 Å². The van der Waals surface area contributed by atoms with E-state index in [0.717, 1.165) is 5.39 Å². The van der Waals surface area contributed by atoms with E-state index in [9.17, 15) is 4.79 Å². The van der Waals surface area contributed by atoms with E-state index in [2.05, 4.69) is 15.3 Å². The molecule has 108 valence electrons. The fourth-order valence-electron chi connectivity index (χ4n) is 1.99. The van der Waals surface area contributed by atoms with Crippen molar-refractivity contribution in [2.45, 2.75) is 12.1 Å². The Morgan fingerprint density at radius 3 is 3.19 bits per heavy atom. The third-order valence-electron chi connectivity index (χ3n) is 2.88. The average molecular weight is 322 g/mol. The van der Waals surface area contributed by atoms with Crippen LogP contribution in [0.2, 0.25) is 5.02 Å². The number of hydrogen-bond donors (Lipinski definition) is 1. The van der Waals surface area contributed by atoms with Crippen molar-refractivity contribution in [1.82, 2.24) is 15.3 Å². The number of oxazole rings is 1. The first-order valence-corrected chi connectivity index (χ1v) is 7.78. The summed E-state index contributed by atoms with van der Waals surface area (Å²) in [5.41, 5.74) is 1.91. The van der Waals surface area contributed by atoms with Gasteiger partial charge in [-0.25, -0.2) is 4.98 Å². The third kappa shape index (κ3) is 2.82. The SMILES string of the molecule is CCNC(=O)CSc1nc2cc(Cl)c3cccnc3c2o1. The molecule has 2 heterocycles. The number of carbonyl (C=O) groups excluding carboxylic acids is 1. The standard InChI is InChI=1S/C14H12ClN3O2S/c1-2-16-11(19)7-21-14-18-10-6-9(15)8-4-3-5-17-12(8)13(10)20-14/h3-6H,2,7H2,1H3,(H,16,19). The van der Waals surface area contributed by atoms with Crippen LogP contribution in [0.4, 0.5) is 0 Å². The maximum Gasteiger partial charge on any atom is 0.257 e. The molecule has 3 aromatic rings. The van der Waals surface area contributed by atoms with Crippen molar-refractivity contribution in [2.75, 3.05) is 12.3 Å². The smallest absolute Gasteiger partial charge is 0.257 e. The average Bonchev–Trinajstić information content (AvgIpc) is 2.89. The molecule has 0 atom stereocenters. The third-order valence-corrected chi connectivity index (χ3v) is 4.02. The van der Waals surface area contributed by atoms with Crippen molar-refractivity contribution >= 4 is 51.3 Å². The summed E-state index contributed by atoms with van der Waals surface area (Å²) in [7, 11) is 0. The van der Waals surface area contributed by atoms with Crippen LogP contribution in [0.5, 0.6) is 0 Å². The second-order valence-electron chi connectivity index (χ2n) is 4.33. The Kier molecular flexibility index (Phi) is 3.98. The number of thioether (sulfide) groups is 1. The lowest BCUT2D eigenvalue weighted by atomic mass is 10.2. The van der Waals surface area contributed by atoms with Crippen molar-refractivity contribution in [1.29, 1.82) is 0 Å². The highest BCUT2D eigenvalue weighted by molar-refractivity contribution is 7.99. The number of amides is 1. The predicted octanol–water partition coefficient (Wildman–Crippen LogP) is 3.26. The molecule has 0 fully saturated rings. The van der Waals surface area contributed by atoms with Gasteiger partial charge in [-0.3, -0.25) is 9.78 Å². The van der Waals surface area contributed by atoms with Gasteiger partial charge in [0.15, 0.2) is 5.58 Å². The fourth-order valence-corrected chi connectivity index (χ4v) is 2.91. The zero-order valence-corrected chi connectivity index (χ0v) is 12.8. The summed E-state index contributed by atoms with van der Waals surface area (Å²) in [5.74, 6) is 0.213. The first kappa shape index (κ1) is 14.2. The monoisotopic (exact) mass is 321 g/mol. The molecule has 2 aromatic heterocycles. The summed E-state index contributed by atoms with van der Waals surface area (Å²) < 4.78 is 5.72. The lowest BCUT2D eigenvalue weighted by Gasteiger charge is -1.99. The molecule has 7 heteroatoms. The topological polar surface area (TPSA) is 68.0 Å². The fraction of sp³-hybridized carbons (Fsp3) is 0.214. The Labute approximate surface area is 130 Å². The summed E-state index contributed by atoms with van der Waals surface area (Å²) in [4.78, 5) is 20.1. The number of halogens is 1. The maximum absolute atomic E-state index is 11.5. The number of hydrogen-bond acceptors (Lipinski definition) is 5. The molecule has 0 bridgehead atoms. The molecule has 0 spiro atoms. The second kappa shape index (κ2) is 5.91. The van der Waals surface area contributed by atoms with Gasteiger partial charge in [-0.2, -0.15) is 0 Å². The molecule has 1 N–H and O–H groups in total. The first-order valence-electron chi connectivity index (χ1n) is 6.42. The number of fused-ring (bicyclic) bond motifs is 3. The molecule has 0 aliphatic rings. The van der Waals surface area contributed by atoms with Gasteiger partial charge in [0.05, 0.1) is 10.8 Å². The van der Waals surface area contributed by atoms with Gasteiger partial charge in [0, 0.05) is 18.1 Å². The van der Waals surface area contributed by atoms with Crippen LogP contribution in [0.25, 0.3) is 22.0 Å². The van der Waals surface area contributed by atoms with Crippen molar-refractivity contribution in [3.05, 3.63) is 29.4 Å². The number of nitrogens with zero attached hydrogens (tertiary/aromatic N) is 2. The molecule has 1 amide bonds. The van der Waals surface area contributed by atoms with Gasteiger partial charge in [-0.05, 0) is 25.1 Å². The van der Waals surface area contributed by atoms with Crippen LogP contribution in [0.1, 0.15) is 6.92 Å². The molecule has 0 aliphatic carbocycles. The predicted molar refractivity (Wildman–Crippen MR) is 83.7 cm³/mol. The number of benzene rings is 1. The molecule has 0 radical (unpaired) electrons. The lowest BCUT2D eigenvalue weighted by molar-refractivity contribution is -0.118. The molecule has 1 aromatic carbocycles. The highest BCUT2D eigenvalue weighted by atomic mass is 35.5. The van der Waals surface area contributed by atoms with Gasteiger partial charge in [-0.1, -0.05) is 23.4 Å². The van der Waals surface area contributed by atoms with E-state index in [4.69, 9.17) is 16.0 Å². The van der Waals surface area contributed by atoms with Crippen LogP contribution in [-0.2, 0) is 4.79 Å². The minimum Gasteiger partial charge on any atom is -0.429 e. The van der Waals surface area contributed by atoms with E-state index < -0.39 is 0 Å². The minimum atomic E-state index is -0.0502. The normalized spacial score (nSPS) is 11.1. The van der Waals surface area contributed by atoms with E-state index in [-0.39, 0.29) is 11.7 Å². The summed E-state index contributed by atoms with van der Waals surface area (Å²) in [6, 6.07) is 5.45. The van der Waals surface area contributed by atoms with Crippen molar-refractivity contribution in [3.8, 4) is 0 Å². The summed E-state index contributed by atoms with van der Waals surface area (Å²) in [6.45, 7) is 2.49. The van der Waals surface area contributed by atoms with E-state index in [1.54, 1.807) is 12.3 Å². The number of aromatic nitrogens is 2. The molecule has 0 saturated carbocycles. The number of rotatable bonds is 4. The van der Waals surface area contributed by atoms with Crippen LogP contribution in [-0.4, -0.2) is 28.2 Å². The first-order chi connectivity index (χ1) is 10.2. The van der Waals surface area contributed by atoms with Crippen LogP contribution in [0.3, 0.4) is 0 Å². The van der Waals surface area contributed by atoms with Gasteiger partial charge >= 0.3 is 0 Å². The summed E-state index contributed by atoms with van der Waals surface area (Å²) in [5, 5.41) is 4.57. The summed E-state index contributed by atoms with van der Waals surface area (Å²) >= 11 is 7.47. The molecular weight excluding hydrogens is 310 g/mol. The highest BCUT2D eigenvalue weighted by Gasteiger charge is 2.14. The number of carbonyl (C=O) groups is 1. The van der Waals surface area contributed by atoms with E-state index in [1.165, 1.54) is 11.8 Å². The Bertz CT molecular complexity index is 818. The minimum absolute atomic E-state index is 0.0502. The molecule has 0 saturated heterocycles. The lowest BCUT2D eigenvalue weighted by Crippen LogP contribution is -2.24. The van der Waals surface area contributed by atoms with Crippen molar-refractivity contribution in [2.24, 2.45) is 0 Å². The molecule has 0 unspecified atom stereocenters. The molecule has 0 aliphatic heterocycles. The van der Waals surface area contributed by atoms with Crippen molar-refractivity contribution in [3.63, 3.8) is 0 Å². The Morgan fingerprint density at radius 2 is 2.38 bits per heavy atom. The maximum atomic E-state index is 11.5. The van der Waals surface area contributed by atoms with Crippen LogP contribution in [0, 0.1) is 0 Å². The second-order valence-corrected chi connectivity index (χ2v) is 5.66. The number of nitrogens with one attached hydrogen (secondary N) is 1. The van der Waals surface area contributed by atoms with Crippen molar-refractivity contribution < 1.29 is 9.21 Å². The Hall–Kier alpha value is -1.79. The van der Waals surface area contributed by atoms with Crippen LogP contribution in [0.15, 0.2) is 34.0 Å². The quantitative estimate of drug-likeness (QED) is 0.747. The number of pyridine rings is 1. The molecule has 3 rings (SSSR count). The molecular formula is C14H12ClN3O2S. The van der Waals surface area contributed by atoms with Crippen LogP contribution >= 0.6 is 23.4 Å². The van der Waals surface area contributed by atoms with Gasteiger partial charge in [-0.15, -0.1) is 0 Å². The van der Waals surface area contributed by atoms with Gasteiger partial charge in [0.2, 0.25) is 5.91 Å². The Balaban J connectivity index is 1.96. The van der Waals surface area contributed by atoms with Gasteiger partial charge in [0.25, 0.3) is 5.22 Å². The van der Waals surface area contributed by atoms with E-state index >= 15 is 0 Å².